The third kappa shape index (κ3) is 2.29. The molecule has 0 aliphatic carbocycles. The van der Waals surface area contributed by atoms with Gasteiger partial charge >= 0.3 is 0 Å². The Morgan fingerprint density at radius 1 is 1.42 bits per heavy atom. The summed E-state index contributed by atoms with van der Waals surface area (Å²) in [5.74, 6) is -0.168. The maximum atomic E-state index is 12.5. The number of hydrogen-bond acceptors (Lipinski definition) is 5. The number of H-pyrrole nitrogens is 1. The highest BCUT2D eigenvalue weighted by molar-refractivity contribution is 7.89. The van der Waals surface area contributed by atoms with Crippen LogP contribution in [0, 0.1) is 6.92 Å². The Morgan fingerprint density at radius 2 is 2.16 bits per heavy atom. The highest BCUT2D eigenvalue weighted by atomic mass is 32.2. The molecule has 1 N–H and O–H groups in total. The molecule has 0 amide bonds. The molecule has 2 fully saturated rings. The van der Waals surface area contributed by atoms with E-state index in [4.69, 9.17) is 9.47 Å². The van der Waals surface area contributed by atoms with Gasteiger partial charge in [-0.1, -0.05) is 0 Å². The van der Waals surface area contributed by atoms with E-state index in [1.54, 1.807) is 6.92 Å². The van der Waals surface area contributed by atoms with Crippen LogP contribution in [0.15, 0.2) is 11.2 Å². The normalized spacial score (nSPS) is 24.1. The lowest BCUT2D eigenvalue weighted by Gasteiger charge is -2.37. The Balaban J connectivity index is 1.85. The minimum atomic E-state index is -3.55. The minimum absolute atomic E-state index is 0.125. The molecule has 2 aliphatic heterocycles. The molecule has 0 bridgehead atoms. The van der Waals surface area contributed by atoms with Crippen molar-refractivity contribution >= 4 is 10.0 Å². The summed E-state index contributed by atoms with van der Waals surface area (Å²) in [4.78, 5) is 6.71. The highest BCUT2D eigenvalue weighted by Gasteiger charge is 2.44. The number of aryl methyl sites for hydroxylation is 1. The molecule has 2 aliphatic rings. The number of imidazole rings is 1. The second-order valence-electron chi connectivity index (χ2n) is 4.88. The lowest BCUT2D eigenvalue weighted by atomic mass is 10.1. The van der Waals surface area contributed by atoms with Gasteiger partial charge in [0.25, 0.3) is 10.0 Å². The number of sulfonamides is 1. The Bertz CT molecular complexity index is 562. The van der Waals surface area contributed by atoms with Gasteiger partial charge in [-0.25, -0.2) is 13.4 Å². The van der Waals surface area contributed by atoms with Gasteiger partial charge in [0.15, 0.2) is 10.8 Å². The van der Waals surface area contributed by atoms with E-state index < -0.39 is 15.8 Å². The van der Waals surface area contributed by atoms with Crippen molar-refractivity contribution in [3.8, 4) is 0 Å². The Kier molecular flexibility index (Phi) is 3.12. The lowest BCUT2D eigenvalue weighted by molar-refractivity contribution is -0.179. The monoisotopic (exact) mass is 287 g/mol. The van der Waals surface area contributed by atoms with Crippen LogP contribution < -0.4 is 0 Å². The van der Waals surface area contributed by atoms with Crippen molar-refractivity contribution in [2.75, 3.05) is 26.3 Å². The predicted molar refractivity (Wildman–Crippen MR) is 66.0 cm³/mol. The standard InChI is InChI=1S/C11H17N3O4S/c1-9-12-7-10(13-9)19(15,16)14-4-2-3-11(8-14)17-5-6-18-11/h7H,2-6,8H2,1H3,(H,12,13). The number of nitrogens with zero attached hydrogens (tertiary/aromatic N) is 2. The third-order valence-corrected chi connectivity index (χ3v) is 5.25. The summed E-state index contributed by atoms with van der Waals surface area (Å²) in [7, 11) is -3.55. The topological polar surface area (TPSA) is 84.5 Å². The van der Waals surface area contributed by atoms with Crippen LogP contribution in [0.2, 0.25) is 0 Å². The van der Waals surface area contributed by atoms with Crippen LogP contribution in [-0.2, 0) is 19.5 Å². The minimum Gasteiger partial charge on any atom is -0.346 e. The van der Waals surface area contributed by atoms with Crippen LogP contribution in [0.5, 0.6) is 0 Å². The van der Waals surface area contributed by atoms with E-state index in [-0.39, 0.29) is 11.6 Å². The van der Waals surface area contributed by atoms with E-state index in [0.717, 1.165) is 12.8 Å². The van der Waals surface area contributed by atoms with Gasteiger partial charge < -0.3 is 14.5 Å². The van der Waals surface area contributed by atoms with E-state index in [2.05, 4.69) is 9.97 Å². The third-order valence-electron chi connectivity index (χ3n) is 3.49. The molecule has 1 aromatic rings. The molecule has 2 saturated heterocycles. The van der Waals surface area contributed by atoms with Crippen LogP contribution in [0.25, 0.3) is 0 Å². The highest BCUT2D eigenvalue weighted by Crippen LogP contribution is 2.32. The molecule has 1 spiro atoms. The molecule has 0 saturated carbocycles. The maximum Gasteiger partial charge on any atom is 0.260 e. The van der Waals surface area contributed by atoms with Crippen molar-refractivity contribution in [1.29, 1.82) is 0 Å². The molecule has 0 unspecified atom stereocenters. The fourth-order valence-electron chi connectivity index (χ4n) is 2.56. The van der Waals surface area contributed by atoms with Crippen molar-refractivity contribution in [3.63, 3.8) is 0 Å². The van der Waals surface area contributed by atoms with Crippen molar-refractivity contribution in [3.05, 3.63) is 12.0 Å². The molecule has 0 aromatic carbocycles. The quantitative estimate of drug-likeness (QED) is 0.842. The van der Waals surface area contributed by atoms with Gasteiger partial charge in [-0.05, 0) is 13.3 Å². The second-order valence-corrected chi connectivity index (χ2v) is 6.79. The average Bonchev–Trinajstić information content (AvgIpc) is 3.00. The first kappa shape index (κ1) is 13.0. The summed E-state index contributed by atoms with van der Waals surface area (Å²) in [5, 5.41) is 0.125. The average molecular weight is 287 g/mol. The van der Waals surface area contributed by atoms with Gasteiger partial charge in [-0.15, -0.1) is 0 Å². The Hall–Kier alpha value is -0.960. The molecule has 3 rings (SSSR count). The van der Waals surface area contributed by atoms with Crippen LogP contribution in [-0.4, -0.2) is 54.8 Å². The summed E-state index contributed by atoms with van der Waals surface area (Å²) in [6.07, 6.45) is 2.82. The molecule has 106 valence electrons. The zero-order valence-electron chi connectivity index (χ0n) is 10.8. The fourth-order valence-corrected chi connectivity index (χ4v) is 4.03. The molecular formula is C11H17N3O4S. The SMILES string of the molecule is Cc1ncc(S(=O)(=O)N2CCCC3(C2)OCCO3)[nH]1. The predicted octanol–water partition coefficient (Wildman–Crippen LogP) is 0.246. The maximum absolute atomic E-state index is 12.5. The molecule has 1 aromatic heterocycles. The van der Waals surface area contributed by atoms with Gasteiger partial charge in [0, 0.05) is 13.0 Å². The number of hydrogen-bond donors (Lipinski definition) is 1. The number of aromatic nitrogens is 2. The Morgan fingerprint density at radius 3 is 2.79 bits per heavy atom. The zero-order chi connectivity index (χ0) is 13.5. The molecule has 7 nitrogen and oxygen atoms in total. The van der Waals surface area contributed by atoms with Crippen LogP contribution in [0.4, 0.5) is 0 Å². The Labute approximate surface area is 112 Å². The van der Waals surface area contributed by atoms with Crippen LogP contribution >= 0.6 is 0 Å². The molecule has 0 radical (unpaired) electrons. The van der Waals surface area contributed by atoms with E-state index in [1.165, 1.54) is 10.5 Å². The molecule has 3 heterocycles. The molecule has 8 heteroatoms. The van der Waals surface area contributed by atoms with Gasteiger partial charge in [-0.3, -0.25) is 0 Å². The van der Waals surface area contributed by atoms with Gasteiger partial charge in [0.1, 0.15) is 5.82 Å². The van der Waals surface area contributed by atoms with Crippen molar-refractivity contribution in [2.45, 2.75) is 30.6 Å². The van der Waals surface area contributed by atoms with Crippen molar-refractivity contribution < 1.29 is 17.9 Å². The number of ether oxygens (including phenoxy) is 2. The van der Waals surface area contributed by atoms with Gasteiger partial charge in [-0.2, -0.15) is 4.31 Å². The van der Waals surface area contributed by atoms with E-state index >= 15 is 0 Å². The van der Waals surface area contributed by atoms with Gasteiger partial charge in [0.05, 0.1) is 26.0 Å². The summed E-state index contributed by atoms with van der Waals surface area (Å²) in [6.45, 7) is 3.50. The van der Waals surface area contributed by atoms with E-state index in [0.29, 0.717) is 25.6 Å². The summed E-state index contributed by atoms with van der Waals surface area (Å²) in [6, 6.07) is 0. The van der Waals surface area contributed by atoms with E-state index in [9.17, 15) is 8.42 Å². The number of rotatable bonds is 2. The number of aromatic amines is 1. The fraction of sp³-hybridized carbons (Fsp3) is 0.727. The number of nitrogens with one attached hydrogen (secondary N) is 1. The van der Waals surface area contributed by atoms with E-state index in [1.807, 2.05) is 0 Å². The van der Waals surface area contributed by atoms with Crippen molar-refractivity contribution in [2.24, 2.45) is 0 Å². The molecule has 19 heavy (non-hydrogen) atoms. The van der Waals surface area contributed by atoms with Gasteiger partial charge in [0.2, 0.25) is 0 Å². The van der Waals surface area contributed by atoms with Crippen molar-refractivity contribution in [1.82, 2.24) is 14.3 Å². The summed E-state index contributed by atoms with van der Waals surface area (Å²) >= 11 is 0. The summed E-state index contributed by atoms with van der Waals surface area (Å²) < 4.78 is 37.6. The zero-order valence-corrected chi connectivity index (χ0v) is 11.6. The lowest BCUT2D eigenvalue weighted by Crippen LogP contribution is -2.50. The largest absolute Gasteiger partial charge is 0.346 e. The smallest absolute Gasteiger partial charge is 0.260 e. The molecular weight excluding hydrogens is 270 g/mol. The van der Waals surface area contributed by atoms with Crippen LogP contribution in [0.3, 0.4) is 0 Å². The first-order chi connectivity index (χ1) is 9.02. The second kappa shape index (κ2) is 4.55. The first-order valence-electron chi connectivity index (χ1n) is 6.32. The first-order valence-corrected chi connectivity index (χ1v) is 7.76. The van der Waals surface area contributed by atoms with Crippen LogP contribution in [0.1, 0.15) is 18.7 Å². The molecule has 0 atom stereocenters. The number of piperidine rings is 1. The summed E-state index contributed by atoms with van der Waals surface area (Å²) in [5.41, 5.74) is 0.